The molecule has 10 nitrogen and oxygen atoms in total. The highest BCUT2D eigenvalue weighted by molar-refractivity contribution is 6.61. The molecular formula is C28H53ClN4O6. The number of ether oxygens (including phenoxy) is 2. The van der Waals surface area contributed by atoms with Crippen LogP contribution in [-0.4, -0.2) is 127 Å². The Kier molecular flexibility index (Phi) is 11.2. The monoisotopic (exact) mass is 576 g/mol. The number of hydrogen-bond donors (Lipinski definition) is 3. The first-order valence-electron chi connectivity index (χ1n) is 14.0. The summed E-state index contributed by atoms with van der Waals surface area (Å²) in [6.45, 7) is 22.2. The highest BCUT2D eigenvalue weighted by atomic mass is 35.5. The molecule has 4 fully saturated rings. The first-order valence-corrected chi connectivity index (χ1v) is 14.4. The first kappa shape index (κ1) is 34.0. The molecule has 4 saturated heterocycles. The molecule has 39 heavy (non-hydrogen) atoms. The third-order valence-electron chi connectivity index (χ3n) is 8.25. The fourth-order valence-corrected chi connectivity index (χ4v) is 7.52. The van der Waals surface area contributed by atoms with E-state index >= 15 is 0 Å². The Bertz CT molecular complexity index is 822. The lowest BCUT2D eigenvalue weighted by atomic mass is 9.63. The topological polar surface area (TPSA) is 115 Å². The van der Waals surface area contributed by atoms with E-state index in [4.69, 9.17) is 16.3 Å². The third kappa shape index (κ3) is 8.42. The maximum atomic E-state index is 12.1. The van der Waals surface area contributed by atoms with E-state index < -0.39 is 5.43 Å². The van der Waals surface area contributed by atoms with Crippen molar-refractivity contribution in [3.8, 4) is 0 Å². The van der Waals surface area contributed by atoms with Crippen molar-refractivity contribution >= 4 is 23.1 Å². The van der Waals surface area contributed by atoms with E-state index in [1.165, 1.54) is 0 Å². The summed E-state index contributed by atoms with van der Waals surface area (Å²) < 4.78 is 9.68. The Morgan fingerprint density at radius 3 is 1.44 bits per heavy atom. The summed E-state index contributed by atoms with van der Waals surface area (Å²) in [6.07, 6.45) is -1.01. The number of nitrogens with zero attached hydrogens (tertiary/aromatic N) is 3. The predicted octanol–water partition coefficient (Wildman–Crippen LogP) is 2.84. The van der Waals surface area contributed by atoms with Gasteiger partial charge in [0, 0.05) is 85.6 Å². The van der Waals surface area contributed by atoms with Gasteiger partial charge in [-0.25, -0.2) is 9.59 Å². The van der Waals surface area contributed by atoms with E-state index in [9.17, 15) is 19.8 Å². The Balaban J connectivity index is 0.000000230. The maximum absolute atomic E-state index is 12.1. The largest absolute Gasteiger partial charge is 0.451 e. The lowest BCUT2D eigenvalue weighted by molar-refractivity contribution is -0.164. The van der Waals surface area contributed by atoms with Gasteiger partial charge in [-0.1, -0.05) is 27.7 Å². The second kappa shape index (κ2) is 12.8. The molecule has 228 valence electrons. The van der Waals surface area contributed by atoms with E-state index in [1.807, 2.05) is 13.8 Å². The number of aliphatic hydroxyl groups is 2. The number of carbonyl (C=O) groups is 2. The van der Waals surface area contributed by atoms with Gasteiger partial charge >= 0.3 is 11.5 Å². The molecule has 0 aromatic rings. The molecule has 0 radical (unpaired) electrons. The summed E-state index contributed by atoms with van der Waals surface area (Å²) in [7, 11) is 4.22. The maximum Gasteiger partial charge on any atom is 0.410 e. The number of nitrogens with one attached hydrogen (secondary N) is 1. The SMILES string of the molecule is CC(C)OC(=O)Cl.CC(C)OC(=O)N1CC2(C)CN(C)CC(C)(C1)C2O.CN1CC2(C)CNCC(C)(C1)C2O. The zero-order valence-corrected chi connectivity index (χ0v) is 26.5. The van der Waals surface area contributed by atoms with Crippen molar-refractivity contribution in [2.24, 2.45) is 21.7 Å². The van der Waals surface area contributed by atoms with Crippen LogP contribution in [0.5, 0.6) is 0 Å². The number of fused-ring (bicyclic) bond motifs is 4. The lowest BCUT2D eigenvalue weighted by Gasteiger charge is -2.59. The van der Waals surface area contributed by atoms with Crippen LogP contribution in [0.2, 0.25) is 0 Å². The molecule has 1 amide bonds. The number of amides is 1. The zero-order chi connectivity index (χ0) is 30.0. The van der Waals surface area contributed by atoms with Crippen LogP contribution in [0.1, 0.15) is 55.4 Å². The minimum absolute atomic E-state index is 0.0417. The van der Waals surface area contributed by atoms with Gasteiger partial charge in [0.1, 0.15) is 0 Å². The molecule has 3 N–H and O–H groups in total. The molecule has 0 saturated carbocycles. The third-order valence-corrected chi connectivity index (χ3v) is 8.34. The molecule has 11 heteroatoms. The summed E-state index contributed by atoms with van der Waals surface area (Å²) in [5, 5.41) is 24.3. The Labute approximate surface area is 240 Å². The van der Waals surface area contributed by atoms with Gasteiger partial charge in [-0.3, -0.25) is 0 Å². The number of halogens is 1. The van der Waals surface area contributed by atoms with Crippen LogP contribution in [0, 0.1) is 21.7 Å². The second-order valence-electron chi connectivity index (χ2n) is 14.1. The highest BCUT2D eigenvalue weighted by Gasteiger charge is 2.56. The number of aliphatic hydroxyl groups excluding tert-OH is 2. The number of carbonyl (C=O) groups excluding carboxylic acids is 2. The van der Waals surface area contributed by atoms with Gasteiger partial charge < -0.3 is 39.7 Å². The van der Waals surface area contributed by atoms with Crippen molar-refractivity contribution in [2.45, 2.75) is 79.8 Å². The van der Waals surface area contributed by atoms with Gasteiger partial charge in [0.05, 0.1) is 24.4 Å². The summed E-state index contributed by atoms with van der Waals surface area (Å²) in [5.41, 5.74) is -1.22. The first-order chi connectivity index (χ1) is 17.7. The Hall–Kier alpha value is -1.17. The van der Waals surface area contributed by atoms with E-state index in [0.29, 0.717) is 13.1 Å². The van der Waals surface area contributed by atoms with Crippen LogP contribution in [0.25, 0.3) is 0 Å². The van der Waals surface area contributed by atoms with Crippen LogP contribution in [-0.2, 0) is 9.47 Å². The van der Waals surface area contributed by atoms with Crippen molar-refractivity contribution in [3.63, 3.8) is 0 Å². The Morgan fingerprint density at radius 1 is 0.744 bits per heavy atom. The molecule has 4 bridgehead atoms. The normalized spacial score (nSPS) is 38.3. The van der Waals surface area contributed by atoms with Crippen LogP contribution < -0.4 is 5.32 Å². The fraction of sp³-hybridized carbons (Fsp3) is 0.929. The van der Waals surface area contributed by atoms with Gasteiger partial charge in [0.15, 0.2) is 0 Å². The second-order valence-corrected chi connectivity index (χ2v) is 14.4. The zero-order valence-electron chi connectivity index (χ0n) is 25.7. The van der Waals surface area contributed by atoms with E-state index in [1.54, 1.807) is 18.7 Å². The molecule has 4 rings (SSSR count). The predicted molar refractivity (Wildman–Crippen MR) is 153 cm³/mol. The van der Waals surface area contributed by atoms with Gasteiger partial charge in [-0.05, 0) is 41.8 Å². The summed E-state index contributed by atoms with van der Waals surface area (Å²) >= 11 is 4.81. The van der Waals surface area contributed by atoms with Gasteiger partial charge in [-0.15, -0.1) is 0 Å². The molecule has 0 aromatic carbocycles. The number of rotatable bonds is 2. The summed E-state index contributed by atoms with van der Waals surface area (Å²) in [4.78, 5) is 28.3. The van der Waals surface area contributed by atoms with Crippen molar-refractivity contribution in [3.05, 3.63) is 0 Å². The molecule has 4 unspecified atom stereocenters. The van der Waals surface area contributed by atoms with E-state index in [2.05, 4.69) is 61.6 Å². The molecule has 4 aliphatic heterocycles. The number of likely N-dealkylation sites (tertiary alicyclic amines) is 3. The number of piperidine rings is 4. The standard InChI is InChI=1S/C14H26N2O3.C10H20N2O.C4H7ClO2/c1-10(2)19-12(18)16-8-13(3)6-15(5)7-14(4,9-16)11(13)17;1-9-4-11-5-10(2,8(9)13)7-12(3)6-9;1-3(2)7-4(5)6/h10-11,17H,6-9H2,1-5H3;8,11,13H,4-7H2,1-3H3;3H,1-2H3. The quantitative estimate of drug-likeness (QED) is 0.427. The van der Waals surface area contributed by atoms with Crippen molar-refractivity contribution in [2.75, 3.05) is 66.5 Å². The summed E-state index contributed by atoms with van der Waals surface area (Å²) in [5.74, 6) is 0. The molecular weight excluding hydrogens is 524 g/mol. The minimum atomic E-state index is -0.741. The van der Waals surface area contributed by atoms with Crippen molar-refractivity contribution in [1.29, 1.82) is 0 Å². The molecule has 4 aliphatic rings. The van der Waals surface area contributed by atoms with Crippen molar-refractivity contribution in [1.82, 2.24) is 20.0 Å². The molecule has 0 aromatic heterocycles. The highest BCUT2D eigenvalue weighted by Crippen LogP contribution is 2.45. The van der Waals surface area contributed by atoms with Gasteiger partial charge in [0.2, 0.25) is 0 Å². The van der Waals surface area contributed by atoms with Crippen LogP contribution >= 0.6 is 11.6 Å². The van der Waals surface area contributed by atoms with Crippen LogP contribution in [0.15, 0.2) is 0 Å². The molecule has 4 heterocycles. The van der Waals surface area contributed by atoms with Crippen LogP contribution in [0.4, 0.5) is 9.59 Å². The Morgan fingerprint density at radius 2 is 1.10 bits per heavy atom. The summed E-state index contributed by atoms with van der Waals surface area (Å²) in [6, 6.07) is 0. The number of hydrogen-bond acceptors (Lipinski definition) is 9. The molecule has 0 aliphatic carbocycles. The van der Waals surface area contributed by atoms with Crippen LogP contribution in [0.3, 0.4) is 0 Å². The van der Waals surface area contributed by atoms with E-state index in [0.717, 1.165) is 39.3 Å². The van der Waals surface area contributed by atoms with Gasteiger partial charge in [-0.2, -0.15) is 0 Å². The molecule has 4 atom stereocenters. The average Bonchev–Trinajstić information content (AvgIpc) is 2.72. The minimum Gasteiger partial charge on any atom is -0.451 e. The van der Waals surface area contributed by atoms with Gasteiger partial charge in [0.25, 0.3) is 0 Å². The van der Waals surface area contributed by atoms with Crippen molar-refractivity contribution < 1.29 is 29.3 Å². The average molecular weight is 577 g/mol. The molecule has 0 spiro atoms. The lowest BCUT2D eigenvalue weighted by Crippen LogP contribution is -2.70. The fourth-order valence-electron chi connectivity index (χ4n) is 7.34. The van der Waals surface area contributed by atoms with E-state index in [-0.39, 0.29) is 52.2 Å². The smallest absolute Gasteiger partial charge is 0.410 e.